The van der Waals surface area contributed by atoms with Gasteiger partial charge in [0.15, 0.2) is 0 Å². The highest BCUT2D eigenvalue weighted by molar-refractivity contribution is 8.13. The Balaban J connectivity index is 4.74. The largest absolute Gasteiger partial charge is 0.232 e. The van der Waals surface area contributed by atoms with Crippen LogP contribution in [0.5, 0.6) is 0 Å². The molecule has 0 aliphatic carbocycles. The Labute approximate surface area is 143 Å². The van der Waals surface area contributed by atoms with Gasteiger partial charge in [0.2, 0.25) is 9.05 Å². The highest BCUT2D eigenvalue weighted by atomic mass is 35.7. The molecule has 0 spiro atoms. The quantitative estimate of drug-likeness (QED) is 0.495. The van der Waals surface area contributed by atoms with Crippen LogP contribution in [0, 0.1) is 28.6 Å². The van der Waals surface area contributed by atoms with Crippen LogP contribution in [0.1, 0.15) is 81.1 Å². The average molecular weight is 353 g/mol. The molecule has 0 aliphatic rings. The summed E-state index contributed by atoms with van der Waals surface area (Å²) in [5, 5.41) is 0. The van der Waals surface area contributed by atoms with Gasteiger partial charge in [0, 0.05) is 10.7 Å². The van der Waals surface area contributed by atoms with E-state index in [4.69, 9.17) is 10.7 Å². The molecule has 0 aromatic heterocycles. The van der Waals surface area contributed by atoms with E-state index >= 15 is 0 Å². The third-order valence-electron chi connectivity index (χ3n) is 4.14. The van der Waals surface area contributed by atoms with Gasteiger partial charge in [0.1, 0.15) is 0 Å². The van der Waals surface area contributed by atoms with Gasteiger partial charge in [0.25, 0.3) is 0 Å². The van der Waals surface area contributed by atoms with E-state index in [0.717, 1.165) is 19.3 Å². The minimum atomic E-state index is -3.43. The molecule has 0 bridgehead atoms. The first kappa shape index (κ1) is 22.2. The summed E-state index contributed by atoms with van der Waals surface area (Å²) in [5.41, 5.74) is 0.537. The lowest BCUT2D eigenvalue weighted by Gasteiger charge is -2.30. The molecule has 0 N–H and O–H groups in total. The van der Waals surface area contributed by atoms with E-state index in [1.165, 1.54) is 6.42 Å². The fourth-order valence-corrected chi connectivity index (χ4v) is 5.06. The van der Waals surface area contributed by atoms with Crippen molar-refractivity contribution in [1.29, 1.82) is 0 Å². The Morgan fingerprint density at radius 2 is 1.32 bits per heavy atom. The molecule has 134 valence electrons. The van der Waals surface area contributed by atoms with Crippen molar-refractivity contribution >= 4 is 19.7 Å². The summed E-state index contributed by atoms with van der Waals surface area (Å²) < 4.78 is 23.1. The lowest BCUT2D eigenvalue weighted by Crippen LogP contribution is -2.25. The van der Waals surface area contributed by atoms with Crippen LogP contribution in [-0.4, -0.2) is 14.2 Å². The molecule has 0 fully saturated rings. The van der Waals surface area contributed by atoms with Gasteiger partial charge in [-0.3, -0.25) is 0 Å². The molecule has 0 heterocycles. The van der Waals surface area contributed by atoms with E-state index in [0.29, 0.717) is 17.3 Å². The summed E-state index contributed by atoms with van der Waals surface area (Å²) >= 11 is 0. The monoisotopic (exact) mass is 352 g/mol. The second-order valence-corrected chi connectivity index (χ2v) is 12.5. The van der Waals surface area contributed by atoms with Crippen molar-refractivity contribution in [2.24, 2.45) is 28.6 Å². The third-order valence-corrected chi connectivity index (χ3v) is 5.35. The van der Waals surface area contributed by atoms with Crippen molar-refractivity contribution in [2.75, 3.05) is 5.75 Å². The summed E-state index contributed by atoms with van der Waals surface area (Å²) in [7, 11) is 2.10. The second kappa shape index (κ2) is 8.37. The van der Waals surface area contributed by atoms with E-state index in [2.05, 4.69) is 55.4 Å². The molecule has 3 atom stereocenters. The minimum absolute atomic E-state index is 0.105. The molecule has 0 radical (unpaired) electrons. The highest BCUT2D eigenvalue weighted by Gasteiger charge is 2.27. The Morgan fingerprint density at radius 1 is 0.864 bits per heavy atom. The molecule has 0 rings (SSSR count). The zero-order chi connectivity index (χ0) is 17.8. The molecule has 4 heteroatoms. The van der Waals surface area contributed by atoms with Crippen LogP contribution in [0.2, 0.25) is 0 Å². The van der Waals surface area contributed by atoms with Crippen molar-refractivity contribution in [2.45, 2.75) is 81.1 Å². The van der Waals surface area contributed by atoms with Crippen LogP contribution in [0.4, 0.5) is 0 Å². The van der Waals surface area contributed by atoms with E-state index in [1.54, 1.807) is 0 Å². The van der Waals surface area contributed by atoms with Crippen molar-refractivity contribution in [3.8, 4) is 0 Å². The number of hydrogen-bond acceptors (Lipinski definition) is 2. The Hall–Kier alpha value is 0.240. The van der Waals surface area contributed by atoms with Gasteiger partial charge in [-0.15, -0.1) is 0 Å². The topological polar surface area (TPSA) is 34.1 Å². The lowest BCUT2D eigenvalue weighted by molar-refractivity contribution is 0.223. The number of halogens is 1. The van der Waals surface area contributed by atoms with Gasteiger partial charge < -0.3 is 0 Å². The minimum Gasteiger partial charge on any atom is -0.212 e. The summed E-state index contributed by atoms with van der Waals surface area (Å²) in [6, 6.07) is 0. The van der Waals surface area contributed by atoms with E-state index in [-0.39, 0.29) is 17.1 Å². The summed E-state index contributed by atoms with van der Waals surface area (Å²) in [5.74, 6) is 1.25. The predicted molar refractivity (Wildman–Crippen MR) is 98.8 cm³/mol. The number of rotatable bonds is 8. The van der Waals surface area contributed by atoms with E-state index in [1.807, 2.05) is 0 Å². The van der Waals surface area contributed by atoms with Crippen LogP contribution in [0.3, 0.4) is 0 Å². The van der Waals surface area contributed by atoms with Crippen LogP contribution < -0.4 is 0 Å². The molecule has 0 unspecified atom stereocenters. The molecule has 0 aliphatic heterocycles. The van der Waals surface area contributed by atoms with Gasteiger partial charge in [-0.2, -0.15) is 0 Å². The smallest absolute Gasteiger partial charge is 0.212 e. The van der Waals surface area contributed by atoms with Crippen LogP contribution >= 0.6 is 10.7 Å². The standard InChI is InChI=1S/C18H37ClO2S/c1-14(11-17(3,4)5)9-10-16(13-22(19,20)21)15(2)12-18(6,7)8/h14-16H,9-13H2,1-8H3/t14-,15+,16+/m1/s1. The maximum absolute atomic E-state index is 11.6. The fraction of sp³-hybridized carbons (Fsp3) is 1.00. The zero-order valence-electron chi connectivity index (χ0n) is 15.9. The van der Waals surface area contributed by atoms with Gasteiger partial charge in [-0.05, 0) is 47.8 Å². The maximum Gasteiger partial charge on any atom is 0.232 e. The molecule has 22 heavy (non-hydrogen) atoms. The van der Waals surface area contributed by atoms with E-state index in [9.17, 15) is 8.42 Å². The summed E-state index contributed by atoms with van der Waals surface area (Å²) in [4.78, 5) is 0. The third kappa shape index (κ3) is 12.8. The Kier molecular flexibility index (Phi) is 8.46. The number of hydrogen-bond donors (Lipinski definition) is 0. The van der Waals surface area contributed by atoms with Crippen molar-refractivity contribution in [3.05, 3.63) is 0 Å². The average Bonchev–Trinajstić information content (AvgIpc) is 2.17. The van der Waals surface area contributed by atoms with Crippen molar-refractivity contribution < 1.29 is 8.42 Å². The first-order valence-corrected chi connectivity index (χ1v) is 11.0. The van der Waals surface area contributed by atoms with Gasteiger partial charge in [-0.25, -0.2) is 8.42 Å². The predicted octanol–water partition coefficient (Wildman–Crippen LogP) is 6.10. The van der Waals surface area contributed by atoms with Crippen LogP contribution in [-0.2, 0) is 9.05 Å². The molecular formula is C18H37ClO2S. The summed E-state index contributed by atoms with van der Waals surface area (Å²) in [6.45, 7) is 17.8. The van der Waals surface area contributed by atoms with Gasteiger partial charge in [0.05, 0.1) is 5.75 Å². The summed E-state index contributed by atoms with van der Waals surface area (Å²) in [6.07, 6.45) is 4.21. The van der Waals surface area contributed by atoms with Crippen molar-refractivity contribution in [1.82, 2.24) is 0 Å². The molecule has 0 amide bonds. The van der Waals surface area contributed by atoms with Crippen molar-refractivity contribution in [3.63, 3.8) is 0 Å². The Bertz CT molecular complexity index is 415. The van der Waals surface area contributed by atoms with Crippen LogP contribution in [0.25, 0.3) is 0 Å². The molecule has 0 saturated heterocycles. The first-order valence-electron chi connectivity index (χ1n) is 8.51. The molecule has 0 saturated carbocycles. The SMILES string of the molecule is C[C@H](CC[C@@H](CS(=O)(=O)Cl)[C@@H](C)CC(C)(C)C)CC(C)(C)C. The first-order chi connectivity index (χ1) is 9.59. The van der Waals surface area contributed by atoms with E-state index < -0.39 is 9.05 Å². The molecular weight excluding hydrogens is 316 g/mol. The second-order valence-electron chi connectivity index (χ2n) is 9.65. The normalized spacial score (nSPS) is 18.0. The lowest BCUT2D eigenvalue weighted by atomic mass is 9.77. The van der Waals surface area contributed by atoms with Gasteiger partial charge in [-0.1, -0.05) is 61.8 Å². The molecule has 0 aromatic rings. The molecule has 0 aromatic carbocycles. The zero-order valence-corrected chi connectivity index (χ0v) is 17.4. The van der Waals surface area contributed by atoms with Gasteiger partial charge >= 0.3 is 0 Å². The fourth-order valence-electron chi connectivity index (χ4n) is 3.57. The maximum atomic E-state index is 11.6. The Morgan fingerprint density at radius 3 is 1.68 bits per heavy atom. The highest BCUT2D eigenvalue weighted by Crippen LogP contribution is 2.34. The van der Waals surface area contributed by atoms with Crippen LogP contribution in [0.15, 0.2) is 0 Å². The molecule has 2 nitrogen and oxygen atoms in total.